The van der Waals surface area contributed by atoms with E-state index in [-0.39, 0.29) is 0 Å². The second-order valence-electron chi connectivity index (χ2n) is 3.44. The topological polar surface area (TPSA) is 55.2 Å². The zero-order chi connectivity index (χ0) is 12.3. The summed E-state index contributed by atoms with van der Waals surface area (Å²) in [6, 6.07) is 8.59. The third kappa shape index (κ3) is 2.72. The van der Waals surface area contributed by atoms with E-state index in [4.69, 9.17) is 16.3 Å². The first kappa shape index (κ1) is 11.8. The van der Waals surface area contributed by atoms with Crippen LogP contribution in [0, 0.1) is 0 Å². The Morgan fingerprint density at radius 1 is 1.29 bits per heavy atom. The quantitative estimate of drug-likeness (QED) is 0.908. The number of aliphatic hydroxyl groups is 1. The molecular weight excluding hydrogens is 240 g/mol. The summed E-state index contributed by atoms with van der Waals surface area (Å²) in [5.74, 6) is 0.413. The minimum Gasteiger partial charge on any atom is -0.481 e. The van der Waals surface area contributed by atoms with Gasteiger partial charge in [0.2, 0.25) is 5.88 Å². The van der Waals surface area contributed by atoms with Gasteiger partial charge in [0.05, 0.1) is 12.8 Å². The highest BCUT2D eigenvalue weighted by atomic mass is 35.5. The van der Waals surface area contributed by atoms with Crippen LogP contribution in [0.25, 0.3) is 0 Å². The highest BCUT2D eigenvalue weighted by Gasteiger charge is 2.13. The lowest BCUT2D eigenvalue weighted by atomic mass is 10.1. The number of rotatable bonds is 3. The number of aliphatic hydroxyl groups excluding tert-OH is 1. The van der Waals surface area contributed by atoms with Crippen molar-refractivity contribution in [2.75, 3.05) is 7.11 Å². The first-order valence-corrected chi connectivity index (χ1v) is 5.38. The molecule has 1 atom stereocenters. The Bertz CT molecular complexity index is 519. The Balaban J connectivity index is 2.33. The van der Waals surface area contributed by atoms with Crippen molar-refractivity contribution in [2.24, 2.45) is 0 Å². The Morgan fingerprint density at radius 2 is 2.12 bits per heavy atom. The fourth-order valence-electron chi connectivity index (χ4n) is 1.46. The van der Waals surface area contributed by atoms with Crippen molar-refractivity contribution < 1.29 is 9.84 Å². The first-order chi connectivity index (χ1) is 8.20. The standard InChI is InChI=1S/C12H11ClN2O2/c1-17-11-6-10(14-7-15-11)12(16)8-3-2-4-9(13)5-8/h2-7,12,16H,1H3. The number of methoxy groups -OCH3 is 1. The summed E-state index contributed by atoms with van der Waals surface area (Å²) < 4.78 is 4.98. The van der Waals surface area contributed by atoms with Gasteiger partial charge in [-0.1, -0.05) is 23.7 Å². The van der Waals surface area contributed by atoms with Crippen molar-refractivity contribution in [2.45, 2.75) is 6.10 Å². The molecule has 0 aliphatic carbocycles. The summed E-state index contributed by atoms with van der Waals surface area (Å²) in [7, 11) is 1.51. The molecule has 1 aromatic heterocycles. The predicted molar refractivity (Wildman–Crippen MR) is 64.1 cm³/mol. The molecule has 0 fully saturated rings. The lowest BCUT2D eigenvalue weighted by molar-refractivity contribution is 0.214. The zero-order valence-electron chi connectivity index (χ0n) is 9.17. The maximum Gasteiger partial charge on any atom is 0.216 e. The number of nitrogens with zero attached hydrogens (tertiary/aromatic N) is 2. The van der Waals surface area contributed by atoms with E-state index in [1.807, 2.05) is 0 Å². The molecule has 0 aliphatic heterocycles. The Hall–Kier alpha value is -1.65. The molecular formula is C12H11ClN2O2. The number of benzene rings is 1. The molecule has 17 heavy (non-hydrogen) atoms. The molecule has 2 aromatic rings. The summed E-state index contributed by atoms with van der Waals surface area (Å²) in [6.45, 7) is 0. The Kier molecular flexibility index (Phi) is 3.56. The number of aromatic nitrogens is 2. The van der Waals surface area contributed by atoms with Gasteiger partial charge >= 0.3 is 0 Å². The van der Waals surface area contributed by atoms with Crippen LogP contribution in [0.2, 0.25) is 5.02 Å². The number of halogens is 1. The summed E-state index contributed by atoms with van der Waals surface area (Å²) in [5, 5.41) is 10.7. The van der Waals surface area contributed by atoms with Crippen molar-refractivity contribution in [3.8, 4) is 5.88 Å². The van der Waals surface area contributed by atoms with Crippen LogP contribution < -0.4 is 4.74 Å². The largest absolute Gasteiger partial charge is 0.481 e. The monoisotopic (exact) mass is 250 g/mol. The van der Waals surface area contributed by atoms with Crippen LogP contribution in [0.5, 0.6) is 5.88 Å². The normalized spacial score (nSPS) is 12.2. The molecule has 0 saturated heterocycles. The zero-order valence-corrected chi connectivity index (χ0v) is 9.93. The van der Waals surface area contributed by atoms with Gasteiger partial charge in [-0.25, -0.2) is 9.97 Å². The van der Waals surface area contributed by atoms with Crippen LogP contribution >= 0.6 is 11.6 Å². The van der Waals surface area contributed by atoms with Crippen LogP contribution in [0.3, 0.4) is 0 Å². The fourth-order valence-corrected chi connectivity index (χ4v) is 1.66. The maximum absolute atomic E-state index is 10.1. The van der Waals surface area contributed by atoms with E-state index in [0.717, 1.165) is 0 Å². The van der Waals surface area contributed by atoms with Crippen molar-refractivity contribution in [3.05, 3.63) is 52.9 Å². The number of hydrogen-bond acceptors (Lipinski definition) is 4. The van der Waals surface area contributed by atoms with Gasteiger partial charge in [0.15, 0.2) is 0 Å². The summed E-state index contributed by atoms with van der Waals surface area (Å²) in [4.78, 5) is 7.89. The third-order valence-corrected chi connectivity index (χ3v) is 2.55. The molecule has 88 valence electrons. The van der Waals surface area contributed by atoms with Gasteiger partial charge in [-0.15, -0.1) is 0 Å². The molecule has 0 spiro atoms. The highest BCUT2D eigenvalue weighted by Crippen LogP contribution is 2.23. The Labute approximate surface area is 104 Å². The van der Waals surface area contributed by atoms with E-state index in [2.05, 4.69) is 9.97 Å². The van der Waals surface area contributed by atoms with Crippen molar-refractivity contribution in [3.63, 3.8) is 0 Å². The van der Waals surface area contributed by atoms with Crippen molar-refractivity contribution >= 4 is 11.6 Å². The molecule has 1 unspecified atom stereocenters. The number of hydrogen-bond donors (Lipinski definition) is 1. The van der Waals surface area contributed by atoms with Gasteiger partial charge in [-0.3, -0.25) is 0 Å². The average Bonchev–Trinajstić information content (AvgIpc) is 2.38. The molecule has 4 nitrogen and oxygen atoms in total. The summed E-state index contributed by atoms with van der Waals surface area (Å²) in [5.41, 5.74) is 1.15. The molecule has 0 amide bonds. The van der Waals surface area contributed by atoms with E-state index in [1.165, 1.54) is 13.4 Å². The van der Waals surface area contributed by atoms with Gasteiger partial charge in [-0.2, -0.15) is 0 Å². The van der Waals surface area contributed by atoms with Crippen LogP contribution in [-0.4, -0.2) is 22.2 Å². The lowest BCUT2D eigenvalue weighted by Gasteiger charge is -2.11. The minimum atomic E-state index is -0.842. The van der Waals surface area contributed by atoms with Gasteiger partial charge in [0, 0.05) is 11.1 Å². The molecule has 0 aliphatic rings. The second-order valence-corrected chi connectivity index (χ2v) is 3.88. The van der Waals surface area contributed by atoms with Gasteiger partial charge in [-0.05, 0) is 17.7 Å². The van der Waals surface area contributed by atoms with Crippen LogP contribution in [0.4, 0.5) is 0 Å². The van der Waals surface area contributed by atoms with Gasteiger partial charge in [0.25, 0.3) is 0 Å². The highest BCUT2D eigenvalue weighted by molar-refractivity contribution is 6.30. The smallest absolute Gasteiger partial charge is 0.216 e. The minimum absolute atomic E-state index is 0.413. The van der Waals surface area contributed by atoms with Crippen LogP contribution in [0.1, 0.15) is 17.4 Å². The summed E-state index contributed by atoms with van der Waals surface area (Å²) >= 11 is 5.87. The molecule has 0 bridgehead atoms. The van der Waals surface area contributed by atoms with Crippen LogP contribution in [0.15, 0.2) is 36.7 Å². The third-order valence-electron chi connectivity index (χ3n) is 2.32. The average molecular weight is 251 g/mol. The molecule has 0 saturated carbocycles. The fraction of sp³-hybridized carbons (Fsp3) is 0.167. The Morgan fingerprint density at radius 3 is 2.82 bits per heavy atom. The predicted octanol–water partition coefficient (Wildman–Crippen LogP) is 2.22. The van der Waals surface area contributed by atoms with E-state index in [0.29, 0.717) is 22.2 Å². The van der Waals surface area contributed by atoms with Crippen molar-refractivity contribution in [1.82, 2.24) is 9.97 Å². The molecule has 1 aromatic carbocycles. The second kappa shape index (κ2) is 5.12. The van der Waals surface area contributed by atoms with E-state index in [9.17, 15) is 5.11 Å². The van der Waals surface area contributed by atoms with Gasteiger partial charge < -0.3 is 9.84 Å². The first-order valence-electron chi connectivity index (χ1n) is 5.00. The van der Waals surface area contributed by atoms with Crippen LogP contribution in [-0.2, 0) is 0 Å². The molecule has 5 heteroatoms. The molecule has 1 heterocycles. The van der Waals surface area contributed by atoms with E-state index >= 15 is 0 Å². The SMILES string of the molecule is COc1cc(C(O)c2cccc(Cl)c2)ncn1. The maximum atomic E-state index is 10.1. The number of ether oxygens (including phenoxy) is 1. The molecule has 1 N–H and O–H groups in total. The lowest BCUT2D eigenvalue weighted by Crippen LogP contribution is -2.03. The van der Waals surface area contributed by atoms with E-state index < -0.39 is 6.10 Å². The summed E-state index contributed by atoms with van der Waals surface area (Å²) in [6.07, 6.45) is 0.507. The van der Waals surface area contributed by atoms with E-state index in [1.54, 1.807) is 30.3 Å². The molecule has 0 radical (unpaired) electrons. The molecule has 2 rings (SSSR count). The van der Waals surface area contributed by atoms with Gasteiger partial charge in [0.1, 0.15) is 12.4 Å². The van der Waals surface area contributed by atoms with Crippen molar-refractivity contribution in [1.29, 1.82) is 0 Å².